The fourth-order valence-corrected chi connectivity index (χ4v) is 10.2. The molecule has 0 aliphatic heterocycles. The first-order chi connectivity index (χ1) is 26.8. The fraction of sp³-hybridized carbons (Fsp3) is 0.462. The second kappa shape index (κ2) is 26.7. The zero-order chi connectivity index (χ0) is 43.4. The van der Waals surface area contributed by atoms with Crippen LogP contribution in [-0.2, 0) is 30.1 Å². The topological polar surface area (TPSA) is 233 Å². The minimum absolute atomic E-state index is 0. The van der Waals surface area contributed by atoms with Crippen LogP contribution in [0.4, 0.5) is 0 Å². The third kappa shape index (κ3) is 16.4. The number of carboxylic acids is 3. The Labute approximate surface area is 363 Å². The Balaban J connectivity index is 0.000000833. The van der Waals surface area contributed by atoms with Gasteiger partial charge in [0.05, 0.1) is 32.6 Å². The number of hydrogen-bond acceptors (Lipinski definition) is 12. The van der Waals surface area contributed by atoms with Crippen LogP contribution >= 0.6 is 0 Å². The number of nitrogens with zero attached hydrogens (tertiary/aromatic N) is 3. The van der Waals surface area contributed by atoms with Crippen molar-refractivity contribution in [3.8, 4) is 0 Å². The second-order valence-corrected chi connectivity index (χ2v) is 18.5. The van der Waals surface area contributed by atoms with Gasteiger partial charge in [-0.3, -0.25) is 0 Å². The summed E-state index contributed by atoms with van der Waals surface area (Å²) >= 11 is 0. The normalized spacial score (nSPS) is 11.5. The van der Waals surface area contributed by atoms with Gasteiger partial charge in [-0.15, -0.1) is 0 Å². The number of carbonyl (C=O) groups excluding carboxylic acids is 3. The van der Waals surface area contributed by atoms with E-state index in [1.54, 1.807) is 0 Å². The van der Waals surface area contributed by atoms with Crippen LogP contribution < -0.4 is 15.3 Å². The standard InChI is InChI=1S/3C13H19NO4S.Bi/c3*1-3-9-14(10-4-2)19(17,18)12-7-5-11(6-8-12)13(15)16;/h3*5-8H,3-4,9-10H2,1-2H3,(H,15,16);/q;;;+3/p-3. The Hall–Kier alpha value is -3.32. The van der Waals surface area contributed by atoms with Crippen LogP contribution in [0.2, 0.25) is 0 Å². The third-order valence-corrected chi connectivity index (χ3v) is 13.8. The summed E-state index contributed by atoms with van der Waals surface area (Å²) in [6.07, 6.45) is 4.39. The predicted octanol–water partition coefficient (Wildman–Crippen LogP) is 2.20. The fourth-order valence-electron chi connectivity index (χ4n) is 5.29. The molecule has 320 valence electrons. The van der Waals surface area contributed by atoms with Crippen LogP contribution in [0.3, 0.4) is 0 Å². The van der Waals surface area contributed by atoms with Gasteiger partial charge in [-0.25, -0.2) is 25.3 Å². The predicted molar refractivity (Wildman–Crippen MR) is 216 cm³/mol. The average Bonchev–Trinajstić information content (AvgIpc) is 3.18. The zero-order valence-corrected chi connectivity index (χ0v) is 39.8. The molecule has 0 unspecified atom stereocenters. The van der Waals surface area contributed by atoms with Crippen molar-refractivity contribution in [2.75, 3.05) is 39.3 Å². The zero-order valence-electron chi connectivity index (χ0n) is 33.8. The molecule has 0 saturated heterocycles. The molecule has 0 amide bonds. The van der Waals surface area contributed by atoms with Crippen LogP contribution in [0.15, 0.2) is 87.5 Å². The van der Waals surface area contributed by atoms with E-state index in [1.807, 2.05) is 41.5 Å². The number of benzene rings is 3. The molecule has 0 spiro atoms. The number of sulfonamides is 3. The van der Waals surface area contributed by atoms with Gasteiger partial charge in [0.15, 0.2) is 0 Å². The summed E-state index contributed by atoms with van der Waals surface area (Å²) in [4.78, 5) is 32.2. The van der Waals surface area contributed by atoms with Gasteiger partial charge < -0.3 is 29.7 Å². The quantitative estimate of drug-likeness (QED) is 0.140. The Bertz CT molecular complexity index is 1790. The van der Waals surface area contributed by atoms with E-state index in [9.17, 15) is 55.0 Å². The molecule has 3 aromatic carbocycles. The number of carboxylic acid groups (broad SMARTS) is 3. The van der Waals surface area contributed by atoms with Gasteiger partial charge in [-0.05, 0) is 91.6 Å². The minimum atomic E-state index is -3.55. The van der Waals surface area contributed by atoms with Crippen molar-refractivity contribution in [2.24, 2.45) is 0 Å². The Kier molecular flexibility index (Phi) is 25.2. The molecule has 58 heavy (non-hydrogen) atoms. The molecule has 0 heterocycles. The summed E-state index contributed by atoms with van der Waals surface area (Å²) in [5, 5.41) is 31.9. The van der Waals surface area contributed by atoms with Gasteiger partial charge in [0.2, 0.25) is 30.1 Å². The number of rotatable bonds is 21. The van der Waals surface area contributed by atoms with Crippen molar-refractivity contribution in [1.82, 2.24) is 12.9 Å². The van der Waals surface area contributed by atoms with Crippen molar-refractivity contribution in [2.45, 2.75) is 94.8 Å². The van der Waals surface area contributed by atoms with Gasteiger partial charge in [-0.2, -0.15) is 12.9 Å². The maximum Gasteiger partial charge on any atom is 3.00 e. The van der Waals surface area contributed by atoms with Crippen molar-refractivity contribution in [1.29, 1.82) is 0 Å². The summed E-state index contributed by atoms with van der Waals surface area (Å²) in [7, 11) is -10.6. The van der Waals surface area contributed by atoms with E-state index in [2.05, 4.69) is 0 Å². The molecule has 19 heteroatoms. The average molecular weight is 1060 g/mol. The van der Waals surface area contributed by atoms with E-state index >= 15 is 0 Å². The van der Waals surface area contributed by atoms with Crippen molar-refractivity contribution < 1.29 is 55.0 Å². The molecule has 0 atom stereocenters. The summed E-state index contributed by atoms with van der Waals surface area (Å²) < 4.78 is 78.4. The van der Waals surface area contributed by atoms with E-state index in [0.717, 1.165) is 38.5 Å². The number of carbonyl (C=O) groups is 3. The van der Waals surface area contributed by atoms with Crippen LogP contribution in [-0.4, -0.2) is 122 Å². The van der Waals surface area contributed by atoms with Gasteiger partial charge in [0.25, 0.3) is 0 Å². The van der Waals surface area contributed by atoms with Crippen molar-refractivity contribution in [3.05, 3.63) is 89.5 Å². The van der Waals surface area contributed by atoms with Gasteiger partial charge in [-0.1, -0.05) is 77.9 Å². The molecule has 15 nitrogen and oxygen atoms in total. The molecule has 0 aliphatic rings. The first-order valence-electron chi connectivity index (χ1n) is 18.7. The molecule has 0 bridgehead atoms. The summed E-state index contributed by atoms with van der Waals surface area (Å²) in [6.45, 7) is 14.2. The van der Waals surface area contributed by atoms with Crippen LogP contribution in [0.5, 0.6) is 0 Å². The molecular weight excluding hydrogens is 1010 g/mol. The smallest absolute Gasteiger partial charge is 0.545 e. The Morgan fingerprint density at radius 3 is 0.655 bits per heavy atom. The summed E-state index contributed by atoms with van der Waals surface area (Å²) in [6, 6.07) is 15.3. The number of aromatic carboxylic acids is 3. The molecular formula is C39H54BiN3O12S3. The van der Waals surface area contributed by atoms with E-state index in [1.165, 1.54) is 85.7 Å². The molecule has 0 aliphatic carbocycles. The van der Waals surface area contributed by atoms with Gasteiger partial charge in [0.1, 0.15) is 0 Å². The van der Waals surface area contributed by atoms with Gasteiger partial charge >= 0.3 is 26.2 Å². The molecule has 2 radical (unpaired) electrons. The minimum Gasteiger partial charge on any atom is -0.545 e. The largest absolute Gasteiger partial charge is 3.00 e. The van der Waals surface area contributed by atoms with Crippen molar-refractivity contribution in [3.63, 3.8) is 0 Å². The van der Waals surface area contributed by atoms with E-state index in [4.69, 9.17) is 0 Å². The SMILES string of the molecule is CCCN(CCC)S(=O)(=O)c1ccc(C(=O)[O-])cc1.CCCN(CCC)S(=O)(=O)c1ccc(C(=O)[O-])cc1.CCCN(CCC)S(=O)(=O)c1ccc(C(=O)[O-])cc1.[Bi+3]. The molecule has 0 fully saturated rings. The van der Waals surface area contributed by atoms with E-state index in [0.29, 0.717) is 39.3 Å². The molecule has 0 aromatic heterocycles. The van der Waals surface area contributed by atoms with E-state index in [-0.39, 0.29) is 57.6 Å². The Morgan fingerprint density at radius 1 is 0.379 bits per heavy atom. The van der Waals surface area contributed by atoms with Gasteiger partial charge in [0, 0.05) is 39.3 Å². The van der Waals surface area contributed by atoms with Crippen molar-refractivity contribution >= 4 is 74.2 Å². The monoisotopic (exact) mass is 1060 g/mol. The van der Waals surface area contributed by atoms with Crippen LogP contribution in [0.25, 0.3) is 0 Å². The van der Waals surface area contributed by atoms with E-state index < -0.39 is 48.0 Å². The maximum atomic E-state index is 12.4. The van der Waals surface area contributed by atoms with Crippen LogP contribution in [0.1, 0.15) is 111 Å². The first kappa shape index (κ1) is 54.7. The molecule has 3 rings (SSSR count). The summed E-state index contributed by atoms with van der Waals surface area (Å²) in [5.41, 5.74) is -0.0931. The second-order valence-electron chi connectivity index (χ2n) is 12.6. The molecule has 0 N–H and O–H groups in total. The van der Waals surface area contributed by atoms with Crippen LogP contribution in [0, 0.1) is 0 Å². The maximum absolute atomic E-state index is 12.4. The first-order valence-corrected chi connectivity index (χ1v) is 23.1. The number of hydrogen-bond donors (Lipinski definition) is 0. The Morgan fingerprint density at radius 2 is 0.534 bits per heavy atom. The molecule has 0 saturated carbocycles. The third-order valence-electron chi connectivity index (χ3n) is 8.02. The summed E-state index contributed by atoms with van der Waals surface area (Å²) in [5.74, 6) is -3.95. The molecule has 3 aromatic rings.